The minimum atomic E-state index is -4.40. The molecule has 0 aliphatic rings. The van der Waals surface area contributed by atoms with E-state index in [1.165, 1.54) is 24.4 Å². The van der Waals surface area contributed by atoms with Crippen LogP contribution in [0.5, 0.6) is 0 Å². The number of hydrogen-bond donors (Lipinski definition) is 2. The number of aromatic nitrogens is 1. The van der Waals surface area contributed by atoms with Crippen LogP contribution in [0.1, 0.15) is 21.6 Å². The maximum absolute atomic E-state index is 12.6. The van der Waals surface area contributed by atoms with E-state index in [2.05, 4.69) is 15.6 Å². The number of hydrogen-bond acceptors (Lipinski definition) is 4. The third-order valence-electron chi connectivity index (χ3n) is 3.77. The molecule has 3 rings (SSSR count). The van der Waals surface area contributed by atoms with Crippen molar-refractivity contribution in [1.29, 1.82) is 5.26 Å². The molecule has 5 nitrogen and oxygen atoms in total. The molecular formula is C20H13F3N4O. The fraction of sp³-hybridized carbons (Fsp3) is 0.0500. The van der Waals surface area contributed by atoms with Gasteiger partial charge in [-0.05, 0) is 60.7 Å². The molecule has 0 atom stereocenters. The average molecular weight is 382 g/mol. The van der Waals surface area contributed by atoms with E-state index in [1.54, 1.807) is 30.3 Å². The van der Waals surface area contributed by atoms with E-state index in [0.29, 0.717) is 22.6 Å². The first kappa shape index (κ1) is 18.9. The highest BCUT2D eigenvalue weighted by atomic mass is 19.4. The molecule has 0 unspecified atom stereocenters. The van der Waals surface area contributed by atoms with Crippen molar-refractivity contribution in [2.45, 2.75) is 6.18 Å². The third-order valence-corrected chi connectivity index (χ3v) is 3.77. The molecule has 0 saturated heterocycles. The van der Waals surface area contributed by atoms with Gasteiger partial charge in [-0.3, -0.25) is 9.78 Å². The summed E-state index contributed by atoms with van der Waals surface area (Å²) >= 11 is 0. The molecule has 28 heavy (non-hydrogen) atoms. The van der Waals surface area contributed by atoms with Gasteiger partial charge in [0, 0.05) is 23.3 Å². The smallest absolute Gasteiger partial charge is 0.355 e. The van der Waals surface area contributed by atoms with E-state index in [-0.39, 0.29) is 5.69 Å². The summed E-state index contributed by atoms with van der Waals surface area (Å²) in [6.45, 7) is 0. The van der Waals surface area contributed by atoms with Crippen molar-refractivity contribution >= 4 is 23.0 Å². The first-order chi connectivity index (χ1) is 13.3. The zero-order chi connectivity index (χ0) is 20.1. The van der Waals surface area contributed by atoms with Crippen molar-refractivity contribution in [2.24, 2.45) is 0 Å². The maximum Gasteiger partial charge on any atom is 0.416 e. The van der Waals surface area contributed by atoms with Gasteiger partial charge in [0.1, 0.15) is 5.69 Å². The van der Waals surface area contributed by atoms with Crippen LogP contribution in [0.4, 0.5) is 30.2 Å². The molecule has 1 amide bonds. The van der Waals surface area contributed by atoms with E-state index in [4.69, 9.17) is 5.26 Å². The quantitative estimate of drug-likeness (QED) is 0.668. The summed E-state index contributed by atoms with van der Waals surface area (Å²) in [5.74, 6) is -0.458. The number of alkyl halides is 3. The molecule has 0 fully saturated rings. The normalized spacial score (nSPS) is 10.8. The van der Waals surface area contributed by atoms with Gasteiger partial charge in [0.25, 0.3) is 5.91 Å². The molecule has 0 radical (unpaired) electrons. The number of benzene rings is 2. The summed E-state index contributed by atoms with van der Waals surface area (Å²) in [4.78, 5) is 16.3. The van der Waals surface area contributed by atoms with Gasteiger partial charge in [-0.25, -0.2) is 0 Å². The number of nitriles is 1. The number of nitrogens with zero attached hydrogens (tertiary/aromatic N) is 2. The molecule has 1 heterocycles. The number of carbonyl (C=O) groups excluding carboxylic acids is 1. The molecule has 3 aromatic rings. The second kappa shape index (κ2) is 7.80. The van der Waals surface area contributed by atoms with Crippen LogP contribution in [0.2, 0.25) is 0 Å². The van der Waals surface area contributed by atoms with Gasteiger partial charge in [-0.15, -0.1) is 0 Å². The minimum absolute atomic E-state index is 0.126. The Hall–Kier alpha value is -3.86. The van der Waals surface area contributed by atoms with Gasteiger partial charge >= 0.3 is 6.18 Å². The van der Waals surface area contributed by atoms with Crippen molar-refractivity contribution in [3.05, 3.63) is 83.7 Å². The van der Waals surface area contributed by atoms with Gasteiger partial charge in [0.15, 0.2) is 0 Å². The van der Waals surface area contributed by atoms with Gasteiger partial charge < -0.3 is 10.6 Å². The van der Waals surface area contributed by atoms with E-state index in [1.807, 2.05) is 6.07 Å². The van der Waals surface area contributed by atoms with Crippen molar-refractivity contribution in [1.82, 2.24) is 4.98 Å². The van der Waals surface area contributed by atoms with Crippen molar-refractivity contribution in [3.63, 3.8) is 0 Å². The Balaban J connectivity index is 1.71. The Morgan fingerprint density at radius 1 is 0.929 bits per heavy atom. The highest BCUT2D eigenvalue weighted by molar-refractivity contribution is 6.03. The van der Waals surface area contributed by atoms with Crippen molar-refractivity contribution in [2.75, 3.05) is 10.6 Å². The lowest BCUT2D eigenvalue weighted by molar-refractivity contribution is -0.137. The lowest BCUT2D eigenvalue weighted by Crippen LogP contribution is -2.13. The Morgan fingerprint density at radius 2 is 1.57 bits per heavy atom. The molecule has 0 spiro atoms. The van der Waals surface area contributed by atoms with Crippen LogP contribution in [0.15, 0.2) is 66.9 Å². The Morgan fingerprint density at radius 3 is 2.18 bits per heavy atom. The Labute approximate surface area is 158 Å². The van der Waals surface area contributed by atoms with Crippen LogP contribution in [0.3, 0.4) is 0 Å². The second-order valence-electron chi connectivity index (χ2n) is 5.77. The number of anilines is 3. The molecule has 0 aliphatic carbocycles. The van der Waals surface area contributed by atoms with Gasteiger partial charge in [0.2, 0.25) is 0 Å². The molecule has 8 heteroatoms. The molecule has 0 bridgehead atoms. The SMILES string of the molecule is N#Cc1ccc(NC(=O)c2cc(Nc3ccc(C(F)(F)F)cc3)ccn2)cc1. The van der Waals surface area contributed by atoms with Gasteiger partial charge in [0.05, 0.1) is 17.2 Å². The van der Waals surface area contributed by atoms with Crippen molar-refractivity contribution < 1.29 is 18.0 Å². The summed E-state index contributed by atoms with van der Waals surface area (Å²) in [5, 5.41) is 14.4. The molecule has 1 aromatic heterocycles. The fourth-order valence-electron chi connectivity index (χ4n) is 2.36. The monoisotopic (exact) mass is 382 g/mol. The highest BCUT2D eigenvalue weighted by Gasteiger charge is 2.29. The molecular weight excluding hydrogens is 369 g/mol. The van der Waals surface area contributed by atoms with E-state index in [0.717, 1.165) is 12.1 Å². The molecule has 0 saturated carbocycles. The van der Waals surface area contributed by atoms with Crippen LogP contribution >= 0.6 is 0 Å². The van der Waals surface area contributed by atoms with E-state index in [9.17, 15) is 18.0 Å². The third kappa shape index (κ3) is 4.65. The van der Waals surface area contributed by atoms with Gasteiger partial charge in [-0.2, -0.15) is 18.4 Å². The predicted octanol–water partition coefficient (Wildman–Crippen LogP) is 4.97. The topological polar surface area (TPSA) is 77.8 Å². The molecule has 2 N–H and O–H groups in total. The van der Waals surface area contributed by atoms with Gasteiger partial charge in [-0.1, -0.05) is 0 Å². The Bertz CT molecular complexity index is 1020. The Kier molecular flexibility index (Phi) is 5.27. The average Bonchev–Trinajstić information content (AvgIpc) is 2.68. The van der Waals surface area contributed by atoms with Crippen LogP contribution in [0.25, 0.3) is 0 Å². The summed E-state index contributed by atoms with van der Waals surface area (Å²) < 4.78 is 37.9. The lowest BCUT2D eigenvalue weighted by Gasteiger charge is -2.10. The van der Waals surface area contributed by atoms with E-state index < -0.39 is 17.6 Å². The molecule has 0 aliphatic heterocycles. The largest absolute Gasteiger partial charge is 0.416 e. The molecule has 140 valence electrons. The zero-order valence-electron chi connectivity index (χ0n) is 14.3. The first-order valence-corrected chi connectivity index (χ1v) is 8.07. The maximum atomic E-state index is 12.6. The fourth-order valence-corrected chi connectivity index (χ4v) is 2.36. The summed E-state index contributed by atoms with van der Waals surface area (Å²) in [6, 6.07) is 16.0. The summed E-state index contributed by atoms with van der Waals surface area (Å²) in [6.07, 6.45) is -2.98. The highest BCUT2D eigenvalue weighted by Crippen LogP contribution is 2.30. The van der Waals surface area contributed by atoms with Crippen LogP contribution < -0.4 is 10.6 Å². The zero-order valence-corrected chi connectivity index (χ0v) is 14.3. The number of amides is 1. The standard InChI is InChI=1S/C20H13F3N4O/c21-20(22,23)14-3-7-15(8-4-14)26-17-9-10-25-18(11-17)19(28)27-16-5-1-13(12-24)2-6-16/h1-11H,(H,25,26)(H,27,28). The number of rotatable bonds is 4. The van der Waals surface area contributed by atoms with Crippen LogP contribution in [-0.4, -0.2) is 10.9 Å². The molecule has 2 aromatic carbocycles. The number of halogens is 3. The second-order valence-corrected chi connectivity index (χ2v) is 5.77. The number of nitrogens with one attached hydrogen (secondary N) is 2. The van der Waals surface area contributed by atoms with Crippen LogP contribution in [-0.2, 0) is 6.18 Å². The van der Waals surface area contributed by atoms with Crippen molar-refractivity contribution in [3.8, 4) is 6.07 Å². The van der Waals surface area contributed by atoms with Crippen LogP contribution in [0, 0.1) is 11.3 Å². The summed E-state index contributed by atoms with van der Waals surface area (Å²) in [5.41, 5.74) is 1.31. The summed E-state index contributed by atoms with van der Waals surface area (Å²) in [7, 11) is 0. The number of pyridine rings is 1. The predicted molar refractivity (Wildman–Crippen MR) is 98.1 cm³/mol. The lowest BCUT2D eigenvalue weighted by atomic mass is 10.2. The minimum Gasteiger partial charge on any atom is -0.355 e. The first-order valence-electron chi connectivity index (χ1n) is 8.07. The number of carbonyl (C=O) groups is 1. The van der Waals surface area contributed by atoms with E-state index >= 15 is 0 Å².